The Hall–Kier alpha value is -0.290. The van der Waals surface area contributed by atoms with Crippen LogP contribution >= 0.6 is 27.7 Å². The van der Waals surface area contributed by atoms with E-state index < -0.39 is 0 Å². The molecule has 14 heavy (non-hydrogen) atoms. The number of nitrogens with zero attached hydrogens (tertiary/aromatic N) is 2. The second-order valence-electron chi connectivity index (χ2n) is 3.28. The number of hydrogen-bond donors (Lipinski definition) is 1. The summed E-state index contributed by atoms with van der Waals surface area (Å²) < 4.78 is 0.802. The summed E-state index contributed by atoms with van der Waals surface area (Å²) in [6, 6.07) is 0. The minimum atomic E-state index is 0.525. The topological polar surface area (TPSA) is 51.8 Å². The molecule has 1 aromatic heterocycles. The predicted octanol–water partition coefficient (Wildman–Crippen LogP) is 2.77. The maximum Gasteiger partial charge on any atom is 0.141 e. The van der Waals surface area contributed by atoms with Crippen molar-refractivity contribution in [1.82, 2.24) is 9.97 Å². The van der Waals surface area contributed by atoms with E-state index in [1.807, 2.05) is 18.7 Å². The lowest BCUT2D eigenvalue weighted by atomic mass is 10.4. The Morgan fingerprint density at radius 1 is 1.43 bits per heavy atom. The van der Waals surface area contributed by atoms with Gasteiger partial charge >= 0.3 is 0 Å². The fraction of sp³-hybridized carbons (Fsp3) is 0.556. The number of anilines is 1. The van der Waals surface area contributed by atoms with Crippen molar-refractivity contribution in [2.45, 2.75) is 31.8 Å². The summed E-state index contributed by atoms with van der Waals surface area (Å²) in [7, 11) is 0. The molecule has 0 saturated heterocycles. The van der Waals surface area contributed by atoms with Crippen LogP contribution in [0.15, 0.2) is 4.47 Å². The third-order valence-electron chi connectivity index (χ3n) is 1.63. The van der Waals surface area contributed by atoms with Gasteiger partial charge in [-0.05, 0) is 28.1 Å². The number of aromatic nitrogens is 2. The van der Waals surface area contributed by atoms with Crippen LogP contribution in [0, 0.1) is 6.92 Å². The first-order valence-electron chi connectivity index (χ1n) is 4.40. The van der Waals surface area contributed by atoms with Crippen LogP contribution in [0.4, 0.5) is 5.82 Å². The molecule has 0 spiro atoms. The highest BCUT2D eigenvalue weighted by molar-refractivity contribution is 9.10. The highest BCUT2D eigenvalue weighted by atomic mass is 79.9. The molecule has 0 aliphatic carbocycles. The smallest absolute Gasteiger partial charge is 0.141 e. The van der Waals surface area contributed by atoms with Crippen molar-refractivity contribution >= 4 is 33.5 Å². The number of nitrogen functional groups attached to an aromatic ring is 1. The van der Waals surface area contributed by atoms with Crippen LogP contribution in [0.1, 0.15) is 25.4 Å². The van der Waals surface area contributed by atoms with Gasteiger partial charge < -0.3 is 5.73 Å². The molecular formula is C9H14BrN3S. The van der Waals surface area contributed by atoms with Gasteiger partial charge in [-0.15, -0.1) is 0 Å². The number of thioether (sulfide) groups is 1. The van der Waals surface area contributed by atoms with Crippen molar-refractivity contribution in [2.24, 2.45) is 0 Å². The van der Waals surface area contributed by atoms with E-state index in [2.05, 4.69) is 39.7 Å². The third-order valence-corrected chi connectivity index (χ3v) is 3.71. The van der Waals surface area contributed by atoms with Crippen LogP contribution in [0.2, 0.25) is 0 Å². The zero-order valence-electron chi connectivity index (χ0n) is 8.54. The first kappa shape index (κ1) is 11.8. The Morgan fingerprint density at radius 3 is 2.57 bits per heavy atom. The Morgan fingerprint density at radius 2 is 2.07 bits per heavy atom. The minimum Gasteiger partial charge on any atom is -0.383 e. The molecule has 0 fully saturated rings. The van der Waals surface area contributed by atoms with E-state index in [9.17, 15) is 0 Å². The van der Waals surface area contributed by atoms with Crippen LogP contribution in [-0.4, -0.2) is 15.2 Å². The number of aryl methyl sites for hydroxylation is 1. The maximum absolute atomic E-state index is 5.72. The lowest BCUT2D eigenvalue weighted by Gasteiger charge is -2.07. The molecule has 0 saturated carbocycles. The van der Waals surface area contributed by atoms with Crippen LogP contribution in [-0.2, 0) is 5.75 Å². The van der Waals surface area contributed by atoms with Crippen molar-refractivity contribution in [3.8, 4) is 0 Å². The molecule has 0 atom stereocenters. The van der Waals surface area contributed by atoms with Crippen molar-refractivity contribution in [3.05, 3.63) is 16.0 Å². The first-order valence-corrected chi connectivity index (χ1v) is 6.25. The molecular weight excluding hydrogens is 262 g/mol. The van der Waals surface area contributed by atoms with E-state index in [1.54, 1.807) is 0 Å². The van der Waals surface area contributed by atoms with Crippen LogP contribution < -0.4 is 5.73 Å². The number of rotatable bonds is 3. The fourth-order valence-corrected chi connectivity index (χ4v) is 1.74. The number of halogens is 1. The Bertz CT molecular complexity index is 305. The Balaban J connectivity index is 2.79. The average Bonchev–Trinajstić information content (AvgIpc) is 2.10. The van der Waals surface area contributed by atoms with Gasteiger partial charge in [-0.25, -0.2) is 9.97 Å². The molecule has 3 nitrogen and oxygen atoms in total. The van der Waals surface area contributed by atoms with Crippen molar-refractivity contribution in [3.63, 3.8) is 0 Å². The Labute approximate surface area is 97.0 Å². The van der Waals surface area contributed by atoms with E-state index >= 15 is 0 Å². The summed E-state index contributed by atoms with van der Waals surface area (Å²) in [5.41, 5.74) is 6.62. The monoisotopic (exact) mass is 275 g/mol. The zero-order valence-corrected chi connectivity index (χ0v) is 10.9. The summed E-state index contributed by atoms with van der Waals surface area (Å²) in [5, 5.41) is 0.587. The van der Waals surface area contributed by atoms with Gasteiger partial charge in [0.2, 0.25) is 0 Å². The SMILES string of the molecule is Cc1nc(CSC(C)C)nc(N)c1Br. The van der Waals surface area contributed by atoms with Gasteiger partial charge in [-0.2, -0.15) is 11.8 Å². The summed E-state index contributed by atoms with van der Waals surface area (Å²) in [4.78, 5) is 8.55. The lowest BCUT2D eigenvalue weighted by Crippen LogP contribution is -2.03. The summed E-state index contributed by atoms with van der Waals surface area (Å²) >= 11 is 5.15. The second-order valence-corrected chi connectivity index (χ2v) is 5.64. The quantitative estimate of drug-likeness (QED) is 0.922. The van der Waals surface area contributed by atoms with E-state index in [0.29, 0.717) is 11.1 Å². The molecule has 0 bridgehead atoms. The van der Waals surface area contributed by atoms with Crippen LogP contribution in [0.25, 0.3) is 0 Å². The fourth-order valence-electron chi connectivity index (χ4n) is 0.947. The van der Waals surface area contributed by atoms with Crippen molar-refractivity contribution < 1.29 is 0 Å². The molecule has 2 N–H and O–H groups in total. The van der Waals surface area contributed by atoms with E-state index in [1.165, 1.54) is 0 Å². The van der Waals surface area contributed by atoms with Crippen molar-refractivity contribution in [2.75, 3.05) is 5.73 Å². The predicted molar refractivity (Wildman–Crippen MR) is 65.3 cm³/mol. The van der Waals surface area contributed by atoms with Gasteiger partial charge in [0.1, 0.15) is 11.6 Å². The van der Waals surface area contributed by atoms with Crippen molar-refractivity contribution in [1.29, 1.82) is 0 Å². The molecule has 5 heteroatoms. The highest BCUT2D eigenvalue weighted by Gasteiger charge is 2.06. The van der Waals surface area contributed by atoms with Crippen LogP contribution in [0.3, 0.4) is 0 Å². The number of hydrogen-bond acceptors (Lipinski definition) is 4. The standard InChI is InChI=1S/C9H14BrN3S/c1-5(2)14-4-7-12-6(3)8(10)9(11)13-7/h5H,4H2,1-3H3,(H2,11,12,13). The minimum absolute atomic E-state index is 0.525. The maximum atomic E-state index is 5.72. The van der Waals surface area contributed by atoms with Gasteiger partial charge in [0.25, 0.3) is 0 Å². The Kier molecular flexibility index (Phi) is 4.19. The lowest BCUT2D eigenvalue weighted by molar-refractivity contribution is 0.985. The molecule has 0 amide bonds. The molecule has 1 rings (SSSR count). The van der Waals surface area contributed by atoms with E-state index in [0.717, 1.165) is 21.7 Å². The summed E-state index contributed by atoms with van der Waals surface area (Å²) in [5.74, 6) is 2.15. The summed E-state index contributed by atoms with van der Waals surface area (Å²) in [6.45, 7) is 6.23. The average molecular weight is 276 g/mol. The molecule has 1 aromatic rings. The van der Waals surface area contributed by atoms with E-state index in [-0.39, 0.29) is 0 Å². The van der Waals surface area contributed by atoms with Gasteiger partial charge in [0, 0.05) is 0 Å². The molecule has 0 radical (unpaired) electrons. The summed E-state index contributed by atoms with van der Waals surface area (Å²) in [6.07, 6.45) is 0. The van der Waals surface area contributed by atoms with Crippen LogP contribution in [0.5, 0.6) is 0 Å². The molecule has 0 unspecified atom stereocenters. The molecule has 1 heterocycles. The van der Waals surface area contributed by atoms with Gasteiger partial charge in [-0.1, -0.05) is 13.8 Å². The molecule has 0 aromatic carbocycles. The molecule has 0 aliphatic rings. The number of nitrogens with two attached hydrogens (primary N) is 1. The highest BCUT2D eigenvalue weighted by Crippen LogP contribution is 2.22. The normalized spacial score (nSPS) is 10.9. The van der Waals surface area contributed by atoms with Gasteiger partial charge in [0.15, 0.2) is 0 Å². The third kappa shape index (κ3) is 3.13. The largest absolute Gasteiger partial charge is 0.383 e. The van der Waals surface area contributed by atoms with E-state index in [4.69, 9.17) is 5.73 Å². The zero-order chi connectivity index (χ0) is 10.7. The molecule has 78 valence electrons. The second kappa shape index (κ2) is 4.98. The first-order chi connectivity index (χ1) is 6.50. The van der Waals surface area contributed by atoms with Gasteiger partial charge in [-0.3, -0.25) is 0 Å². The van der Waals surface area contributed by atoms with Gasteiger partial charge in [0.05, 0.1) is 15.9 Å². The molecule has 0 aliphatic heterocycles.